The lowest BCUT2D eigenvalue weighted by Gasteiger charge is -2.27. The number of nitrogens with two attached hydrogens (primary N) is 2. The maximum Gasteiger partial charge on any atom is 0.227 e. The summed E-state index contributed by atoms with van der Waals surface area (Å²) >= 11 is 0. The highest BCUT2D eigenvalue weighted by Crippen LogP contribution is 2.33. The fourth-order valence-corrected chi connectivity index (χ4v) is 5.18. The van der Waals surface area contributed by atoms with Crippen molar-refractivity contribution in [3.8, 4) is 0 Å². The molecule has 2 aromatic rings. The van der Waals surface area contributed by atoms with Gasteiger partial charge in [0.2, 0.25) is 5.95 Å². The monoisotopic (exact) mass is 514 g/mol. The number of hydrogen-bond donors (Lipinski definition) is 4. The highest BCUT2D eigenvalue weighted by molar-refractivity contribution is 5.86. The van der Waals surface area contributed by atoms with Gasteiger partial charge in [-0.2, -0.15) is 9.97 Å². The molecule has 0 amide bonds. The summed E-state index contributed by atoms with van der Waals surface area (Å²) in [5, 5.41) is 7.17. The van der Waals surface area contributed by atoms with Crippen LogP contribution in [0, 0.1) is 0 Å². The maximum absolute atomic E-state index is 6.09. The van der Waals surface area contributed by atoms with Crippen LogP contribution in [0.2, 0.25) is 0 Å². The van der Waals surface area contributed by atoms with Crippen molar-refractivity contribution in [1.82, 2.24) is 19.5 Å². The van der Waals surface area contributed by atoms with E-state index in [9.17, 15) is 0 Å². The van der Waals surface area contributed by atoms with E-state index in [2.05, 4.69) is 15.2 Å². The van der Waals surface area contributed by atoms with E-state index in [1.165, 1.54) is 51.4 Å². The van der Waals surface area contributed by atoms with Crippen molar-refractivity contribution in [2.24, 2.45) is 11.5 Å². The molecule has 2 aromatic heterocycles. The number of nitrogens with zero attached hydrogens (tertiary/aromatic N) is 4. The van der Waals surface area contributed by atoms with Crippen molar-refractivity contribution in [3.63, 3.8) is 0 Å². The van der Waals surface area contributed by atoms with Crippen LogP contribution in [0.15, 0.2) is 6.33 Å². The van der Waals surface area contributed by atoms with E-state index in [0.29, 0.717) is 18.1 Å². The number of rotatable bonds is 12. The second-order valence-electron chi connectivity index (χ2n) is 9.75. The van der Waals surface area contributed by atoms with Gasteiger partial charge in [0, 0.05) is 24.7 Å². The third-order valence-electron chi connectivity index (χ3n) is 7.17. The molecule has 8 nitrogen and oxygen atoms in total. The van der Waals surface area contributed by atoms with E-state index < -0.39 is 0 Å². The average Bonchev–Trinajstić information content (AvgIpc) is 3.47. The average molecular weight is 516 g/mol. The van der Waals surface area contributed by atoms with E-state index in [0.717, 1.165) is 74.5 Å². The molecule has 34 heavy (non-hydrogen) atoms. The third-order valence-corrected chi connectivity index (χ3v) is 7.17. The van der Waals surface area contributed by atoms with Crippen LogP contribution < -0.4 is 22.1 Å². The summed E-state index contributed by atoms with van der Waals surface area (Å²) in [6, 6.07) is 1.25. The fourth-order valence-electron chi connectivity index (χ4n) is 5.18. The van der Waals surface area contributed by atoms with Crippen molar-refractivity contribution >= 4 is 47.7 Å². The van der Waals surface area contributed by atoms with Crippen LogP contribution in [-0.2, 0) is 0 Å². The number of halogens is 2. The molecule has 0 unspecified atom stereocenters. The Labute approximate surface area is 216 Å². The zero-order valence-electron chi connectivity index (χ0n) is 20.4. The number of hydrogen-bond acceptors (Lipinski definition) is 7. The molecule has 10 heteroatoms. The largest absolute Gasteiger partial charge is 0.368 e. The number of fused-ring (bicyclic) bond motifs is 1. The van der Waals surface area contributed by atoms with E-state index in [4.69, 9.17) is 26.4 Å². The summed E-state index contributed by atoms with van der Waals surface area (Å²) in [4.78, 5) is 14.5. The highest BCUT2D eigenvalue weighted by atomic mass is 35.5. The van der Waals surface area contributed by atoms with Gasteiger partial charge in [-0.25, -0.2) is 4.98 Å². The molecule has 2 aliphatic carbocycles. The Morgan fingerprint density at radius 3 is 2.26 bits per heavy atom. The summed E-state index contributed by atoms with van der Waals surface area (Å²) in [7, 11) is 0. The standard InChI is InChI=1S/C24H42N8.2ClH/c25-15-7-3-1-2-4-8-16-27-22-21-23(32(17-28-21)20-9-5-6-10-20)31-24(30-22)29-19-13-11-18(26)12-14-19;;/h17-20H,1-16,25-26H2,(H2,27,29,30,31);2*1H. The lowest BCUT2D eigenvalue weighted by atomic mass is 9.92. The van der Waals surface area contributed by atoms with Gasteiger partial charge >= 0.3 is 0 Å². The van der Waals surface area contributed by atoms with Gasteiger partial charge in [0.25, 0.3) is 0 Å². The first kappa shape index (κ1) is 28.9. The van der Waals surface area contributed by atoms with E-state index >= 15 is 0 Å². The zero-order chi connectivity index (χ0) is 22.2. The van der Waals surface area contributed by atoms with Crippen LogP contribution in [0.1, 0.15) is 95.9 Å². The Hall–Kier alpha value is -1.35. The van der Waals surface area contributed by atoms with Crippen molar-refractivity contribution in [2.45, 2.75) is 108 Å². The predicted molar refractivity (Wildman–Crippen MR) is 146 cm³/mol. The summed E-state index contributed by atoms with van der Waals surface area (Å²) in [5.41, 5.74) is 13.5. The molecule has 4 rings (SSSR count). The topological polar surface area (TPSA) is 120 Å². The molecule has 0 radical (unpaired) electrons. The first-order valence-electron chi connectivity index (χ1n) is 12.9. The van der Waals surface area contributed by atoms with E-state index in [1.54, 1.807) is 0 Å². The lowest BCUT2D eigenvalue weighted by molar-refractivity contribution is 0.410. The van der Waals surface area contributed by atoms with Gasteiger partial charge < -0.3 is 26.7 Å². The van der Waals surface area contributed by atoms with Gasteiger partial charge in [0.1, 0.15) is 0 Å². The molecular weight excluding hydrogens is 471 g/mol. The second kappa shape index (κ2) is 14.9. The van der Waals surface area contributed by atoms with Crippen LogP contribution in [0.4, 0.5) is 11.8 Å². The van der Waals surface area contributed by atoms with Crippen LogP contribution in [-0.4, -0.2) is 44.7 Å². The van der Waals surface area contributed by atoms with Gasteiger partial charge in [-0.05, 0) is 57.9 Å². The molecule has 0 saturated heterocycles. The number of nitrogens with one attached hydrogen (secondary N) is 2. The Bertz CT molecular complexity index is 832. The number of aromatic nitrogens is 4. The molecular formula is C24H44Cl2N8. The molecule has 194 valence electrons. The molecule has 0 aromatic carbocycles. The fraction of sp³-hybridized carbons (Fsp3) is 0.792. The minimum atomic E-state index is 0. The van der Waals surface area contributed by atoms with Crippen LogP contribution in [0.3, 0.4) is 0 Å². The Morgan fingerprint density at radius 1 is 0.882 bits per heavy atom. The summed E-state index contributed by atoms with van der Waals surface area (Å²) in [5.74, 6) is 1.59. The van der Waals surface area contributed by atoms with Crippen molar-refractivity contribution < 1.29 is 0 Å². The molecule has 2 aliphatic rings. The predicted octanol–water partition coefficient (Wildman–Crippen LogP) is 5.18. The lowest BCUT2D eigenvalue weighted by Crippen LogP contribution is -2.33. The van der Waals surface area contributed by atoms with Crippen molar-refractivity contribution in [3.05, 3.63) is 6.33 Å². The molecule has 0 atom stereocenters. The smallest absolute Gasteiger partial charge is 0.227 e. The molecule has 0 aliphatic heterocycles. The quantitative estimate of drug-likeness (QED) is 0.288. The van der Waals surface area contributed by atoms with Gasteiger partial charge in [0.05, 0.1) is 6.33 Å². The first-order chi connectivity index (χ1) is 15.7. The minimum Gasteiger partial charge on any atom is -0.368 e. The summed E-state index contributed by atoms with van der Waals surface area (Å²) in [6.07, 6.45) is 18.6. The first-order valence-corrected chi connectivity index (χ1v) is 12.9. The van der Waals surface area contributed by atoms with Crippen LogP contribution in [0.25, 0.3) is 11.2 Å². The van der Waals surface area contributed by atoms with Crippen LogP contribution in [0.5, 0.6) is 0 Å². The van der Waals surface area contributed by atoms with Gasteiger partial charge in [0.15, 0.2) is 17.0 Å². The zero-order valence-corrected chi connectivity index (χ0v) is 22.0. The molecule has 0 bridgehead atoms. The third kappa shape index (κ3) is 7.83. The number of unbranched alkanes of at least 4 members (excludes halogenated alkanes) is 5. The van der Waals surface area contributed by atoms with Crippen molar-refractivity contribution in [2.75, 3.05) is 23.7 Å². The molecule has 0 spiro atoms. The Balaban J connectivity index is 0.00000204. The second-order valence-corrected chi connectivity index (χ2v) is 9.75. The normalized spacial score (nSPS) is 20.6. The molecule has 6 N–H and O–H groups in total. The van der Waals surface area contributed by atoms with Crippen LogP contribution >= 0.6 is 24.8 Å². The Kier molecular flexibility index (Phi) is 12.7. The van der Waals surface area contributed by atoms with Gasteiger partial charge in [-0.15, -0.1) is 24.8 Å². The number of anilines is 2. The highest BCUT2D eigenvalue weighted by Gasteiger charge is 2.23. The summed E-state index contributed by atoms with van der Waals surface area (Å²) < 4.78 is 2.29. The SMILES string of the molecule is Cl.Cl.NCCCCCCCCNc1nc(NC2CCC(N)CC2)nc2c1ncn2C1CCCC1. The van der Waals surface area contributed by atoms with E-state index in [1.807, 2.05) is 6.33 Å². The number of imidazole rings is 1. The molecule has 2 fully saturated rings. The van der Waals surface area contributed by atoms with Gasteiger partial charge in [-0.3, -0.25) is 0 Å². The minimum absolute atomic E-state index is 0. The Morgan fingerprint density at radius 2 is 1.56 bits per heavy atom. The van der Waals surface area contributed by atoms with Crippen molar-refractivity contribution in [1.29, 1.82) is 0 Å². The summed E-state index contributed by atoms with van der Waals surface area (Å²) in [6.45, 7) is 1.72. The molecule has 2 heterocycles. The maximum atomic E-state index is 6.09. The van der Waals surface area contributed by atoms with E-state index in [-0.39, 0.29) is 24.8 Å². The molecule has 2 saturated carbocycles. The van der Waals surface area contributed by atoms with Gasteiger partial charge in [-0.1, -0.05) is 38.5 Å².